The molecule has 10 nitrogen and oxygen atoms in total. The standard InChI is InChI=1S/C29H33FN6O4/c1-14-15(2)39-28(38)19-5-6-23(35-25(14)19)34-24-9-20-21(10-32-24)26(33-11-22(20)29(3,4)31)40-18-7-16(8-18)27(37)36-12-17(30)13-36/h5-6,9-11,14-18H,7-8,12-13,31H2,1-4H3,(H,32,34,35)/t14-,15-,16-,18+/m0/s1. The first-order valence-electron chi connectivity index (χ1n) is 13.6. The van der Waals surface area contributed by atoms with Gasteiger partial charge in [-0.3, -0.25) is 4.79 Å². The molecule has 40 heavy (non-hydrogen) atoms. The van der Waals surface area contributed by atoms with Crippen LogP contribution >= 0.6 is 0 Å². The summed E-state index contributed by atoms with van der Waals surface area (Å²) in [6.45, 7) is 8.04. The number of anilines is 2. The second-order valence-electron chi connectivity index (χ2n) is 11.7. The Hall–Kier alpha value is -3.86. The van der Waals surface area contributed by atoms with Crippen molar-refractivity contribution in [2.45, 2.75) is 70.4 Å². The van der Waals surface area contributed by atoms with Crippen molar-refractivity contribution in [2.75, 3.05) is 18.4 Å². The number of nitrogens with zero attached hydrogens (tertiary/aromatic N) is 4. The summed E-state index contributed by atoms with van der Waals surface area (Å²) in [5.41, 5.74) is 7.79. The number of halogens is 1. The molecule has 5 heterocycles. The van der Waals surface area contributed by atoms with Crippen LogP contribution in [0.1, 0.15) is 68.1 Å². The Bertz CT molecular complexity index is 1500. The van der Waals surface area contributed by atoms with E-state index in [0.717, 1.165) is 10.9 Å². The van der Waals surface area contributed by atoms with Gasteiger partial charge in [-0.15, -0.1) is 0 Å². The molecule has 0 radical (unpaired) electrons. The zero-order valence-electron chi connectivity index (χ0n) is 23.0. The molecule has 2 atom stereocenters. The van der Waals surface area contributed by atoms with Crippen LogP contribution in [0, 0.1) is 5.92 Å². The summed E-state index contributed by atoms with van der Waals surface area (Å²) >= 11 is 0. The molecule has 1 saturated heterocycles. The Morgan fingerprint density at radius 2 is 1.90 bits per heavy atom. The van der Waals surface area contributed by atoms with E-state index in [1.54, 1.807) is 29.4 Å². The van der Waals surface area contributed by atoms with E-state index in [0.29, 0.717) is 47.0 Å². The van der Waals surface area contributed by atoms with E-state index in [4.69, 9.17) is 20.2 Å². The largest absolute Gasteiger partial charge is 0.474 e. The quantitative estimate of drug-likeness (QED) is 0.439. The van der Waals surface area contributed by atoms with Gasteiger partial charge in [0.15, 0.2) is 0 Å². The van der Waals surface area contributed by atoms with Gasteiger partial charge in [0.1, 0.15) is 30.0 Å². The van der Waals surface area contributed by atoms with Crippen molar-refractivity contribution < 1.29 is 23.5 Å². The highest BCUT2D eigenvalue weighted by Gasteiger charge is 2.42. The minimum absolute atomic E-state index is 0.000657. The van der Waals surface area contributed by atoms with Gasteiger partial charge in [-0.05, 0) is 62.8 Å². The maximum atomic E-state index is 13.1. The third kappa shape index (κ3) is 4.72. The number of amides is 1. The number of carbonyl (C=O) groups excluding carboxylic acids is 2. The highest BCUT2D eigenvalue weighted by molar-refractivity contribution is 5.93. The molecule has 2 fully saturated rings. The second kappa shape index (κ2) is 9.65. The second-order valence-corrected chi connectivity index (χ2v) is 11.7. The number of likely N-dealkylation sites (tertiary alicyclic amines) is 1. The van der Waals surface area contributed by atoms with Gasteiger partial charge in [0.25, 0.3) is 0 Å². The Kier molecular flexibility index (Phi) is 6.36. The molecular formula is C29H33FN6O4. The van der Waals surface area contributed by atoms with Gasteiger partial charge in [-0.25, -0.2) is 24.1 Å². The van der Waals surface area contributed by atoms with Crippen molar-refractivity contribution in [2.24, 2.45) is 11.7 Å². The van der Waals surface area contributed by atoms with Gasteiger partial charge >= 0.3 is 5.97 Å². The van der Waals surface area contributed by atoms with E-state index < -0.39 is 11.7 Å². The maximum Gasteiger partial charge on any atom is 0.340 e. The average Bonchev–Trinajstić information content (AvgIpc) is 2.86. The zero-order valence-corrected chi connectivity index (χ0v) is 23.0. The van der Waals surface area contributed by atoms with E-state index in [1.807, 2.05) is 33.8 Å². The SMILES string of the molecule is C[C@@H]1OC(=O)c2ccc(Nc3cc4c(C(C)(C)N)cnc(O[C@H]5C[C@@H](C(=O)N6CC(F)C6)C5)c4cn3)nc2[C@H]1C. The van der Waals surface area contributed by atoms with Crippen molar-refractivity contribution in [3.63, 3.8) is 0 Å². The smallest absolute Gasteiger partial charge is 0.340 e. The zero-order chi connectivity index (χ0) is 28.3. The highest BCUT2D eigenvalue weighted by atomic mass is 19.1. The number of nitrogens with two attached hydrogens (primary N) is 1. The summed E-state index contributed by atoms with van der Waals surface area (Å²) in [6.07, 6.45) is 3.23. The maximum absolute atomic E-state index is 13.1. The van der Waals surface area contributed by atoms with Crippen LogP contribution in [0.15, 0.2) is 30.6 Å². The predicted octanol–water partition coefficient (Wildman–Crippen LogP) is 3.96. The van der Waals surface area contributed by atoms with Crippen molar-refractivity contribution in [1.82, 2.24) is 19.9 Å². The molecule has 210 valence electrons. The summed E-state index contributed by atoms with van der Waals surface area (Å²) in [6, 6.07) is 5.33. The third-order valence-electron chi connectivity index (χ3n) is 8.13. The first kappa shape index (κ1) is 26.4. The molecule has 11 heteroatoms. The molecule has 1 amide bonds. The molecule has 3 N–H and O–H groups in total. The van der Waals surface area contributed by atoms with Crippen LogP contribution in [0.25, 0.3) is 10.8 Å². The lowest BCUT2D eigenvalue weighted by atomic mass is 9.80. The fourth-order valence-corrected chi connectivity index (χ4v) is 5.42. The van der Waals surface area contributed by atoms with Crippen molar-refractivity contribution in [1.29, 1.82) is 0 Å². The topological polar surface area (TPSA) is 133 Å². The Balaban J connectivity index is 1.24. The fraction of sp³-hybridized carbons (Fsp3) is 0.483. The van der Waals surface area contributed by atoms with Crippen LogP contribution in [-0.2, 0) is 15.1 Å². The van der Waals surface area contributed by atoms with Crippen molar-refractivity contribution >= 4 is 34.3 Å². The summed E-state index contributed by atoms with van der Waals surface area (Å²) in [5, 5.41) is 4.80. The average molecular weight is 549 g/mol. The Morgan fingerprint density at radius 1 is 1.15 bits per heavy atom. The van der Waals surface area contributed by atoms with Crippen molar-refractivity contribution in [3.8, 4) is 5.88 Å². The van der Waals surface area contributed by atoms with E-state index >= 15 is 0 Å². The van der Waals surface area contributed by atoms with E-state index in [-0.39, 0.29) is 49.0 Å². The first-order valence-corrected chi connectivity index (χ1v) is 13.6. The molecule has 0 unspecified atom stereocenters. The predicted molar refractivity (Wildman–Crippen MR) is 146 cm³/mol. The van der Waals surface area contributed by atoms with Gasteiger partial charge < -0.3 is 25.4 Å². The number of rotatable bonds is 6. The van der Waals surface area contributed by atoms with Gasteiger partial charge in [-0.1, -0.05) is 6.92 Å². The number of pyridine rings is 3. The number of carbonyl (C=O) groups is 2. The molecule has 6 rings (SSSR count). The molecule has 2 aliphatic heterocycles. The number of ether oxygens (including phenoxy) is 2. The minimum atomic E-state index is -0.905. The lowest BCUT2D eigenvalue weighted by Gasteiger charge is -2.41. The van der Waals surface area contributed by atoms with Crippen LogP contribution in [0.4, 0.5) is 16.0 Å². The summed E-state index contributed by atoms with van der Waals surface area (Å²) in [5.74, 6) is 0.995. The molecule has 0 bridgehead atoms. The van der Waals surface area contributed by atoms with Gasteiger partial charge in [-0.2, -0.15) is 0 Å². The van der Waals surface area contributed by atoms with Crippen LogP contribution in [0.5, 0.6) is 5.88 Å². The molecule has 3 aromatic heterocycles. The van der Waals surface area contributed by atoms with Crippen LogP contribution < -0.4 is 15.8 Å². The molecule has 0 spiro atoms. The summed E-state index contributed by atoms with van der Waals surface area (Å²) < 4.78 is 24.7. The lowest BCUT2D eigenvalue weighted by Crippen LogP contribution is -2.56. The first-order chi connectivity index (χ1) is 19.0. The molecule has 1 saturated carbocycles. The number of nitrogens with one attached hydrogen (secondary N) is 1. The van der Waals surface area contributed by atoms with Gasteiger partial charge in [0.2, 0.25) is 11.8 Å². The highest BCUT2D eigenvalue weighted by Crippen LogP contribution is 2.38. The number of cyclic esters (lactones) is 1. The van der Waals surface area contributed by atoms with E-state index in [1.165, 1.54) is 0 Å². The number of hydrogen-bond donors (Lipinski definition) is 2. The number of esters is 1. The van der Waals surface area contributed by atoms with Gasteiger partial charge in [0, 0.05) is 29.8 Å². The Labute approximate surface area is 231 Å². The van der Waals surface area contributed by atoms with E-state index in [9.17, 15) is 14.0 Å². The Morgan fingerprint density at radius 3 is 2.60 bits per heavy atom. The van der Waals surface area contributed by atoms with Gasteiger partial charge in [0.05, 0.1) is 29.7 Å². The monoisotopic (exact) mass is 548 g/mol. The molecule has 3 aliphatic rings. The molecular weight excluding hydrogens is 515 g/mol. The van der Waals surface area contributed by atoms with Crippen LogP contribution in [0.2, 0.25) is 0 Å². The normalized spacial score (nSPS) is 24.6. The minimum Gasteiger partial charge on any atom is -0.474 e. The van der Waals surface area contributed by atoms with Crippen LogP contribution in [-0.4, -0.2) is 63.2 Å². The number of hydrogen-bond acceptors (Lipinski definition) is 9. The summed E-state index contributed by atoms with van der Waals surface area (Å²) in [7, 11) is 0. The molecule has 1 aliphatic carbocycles. The van der Waals surface area contributed by atoms with Crippen molar-refractivity contribution in [3.05, 3.63) is 47.4 Å². The number of fused-ring (bicyclic) bond motifs is 2. The lowest BCUT2D eigenvalue weighted by molar-refractivity contribution is -0.148. The molecule has 3 aromatic rings. The number of aromatic nitrogens is 3. The summed E-state index contributed by atoms with van der Waals surface area (Å²) in [4.78, 5) is 40.2. The van der Waals surface area contributed by atoms with E-state index in [2.05, 4.69) is 15.3 Å². The molecule has 0 aromatic carbocycles. The fourth-order valence-electron chi connectivity index (χ4n) is 5.42. The number of alkyl halides is 1. The third-order valence-corrected chi connectivity index (χ3v) is 8.13. The van der Waals surface area contributed by atoms with Crippen LogP contribution in [0.3, 0.4) is 0 Å².